The third-order valence-electron chi connectivity index (χ3n) is 2.54. The van der Waals surface area contributed by atoms with Crippen molar-refractivity contribution < 1.29 is 13.6 Å². The van der Waals surface area contributed by atoms with Gasteiger partial charge in [-0.2, -0.15) is 0 Å². The summed E-state index contributed by atoms with van der Waals surface area (Å²) in [4.78, 5) is 11.7. The van der Waals surface area contributed by atoms with E-state index >= 15 is 0 Å². The number of hydrogen-bond donors (Lipinski definition) is 2. The van der Waals surface area contributed by atoms with Crippen molar-refractivity contribution in [3.8, 4) is 0 Å². The number of rotatable bonds is 4. The number of hydrogen-bond acceptors (Lipinski definition) is 2. The Morgan fingerprint density at radius 2 is 1.88 bits per heavy atom. The lowest BCUT2D eigenvalue weighted by molar-refractivity contribution is 0.0938. The molecule has 0 spiro atoms. The molecule has 0 bridgehead atoms. The van der Waals surface area contributed by atoms with E-state index in [0.717, 1.165) is 18.6 Å². The molecule has 1 amide bonds. The van der Waals surface area contributed by atoms with E-state index in [9.17, 15) is 13.6 Å². The minimum Gasteiger partial charge on any atom is -0.383 e. The Morgan fingerprint density at radius 1 is 1.35 bits per heavy atom. The lowest BCUT2D eigenvalue weighted by atomic mass is 10.1. The monoisotopic (exact) mass is 242 g/mol. The first-order valence-corrected chi connectivity index (χ1v) is 5.47. The van der Waals surface area contributed by atoms with Crippen LogP contribution in [0.3, 0.4) is 0 Å². The number of nitrogens with one attached hydrogen (secondary N) is 2. The van der Waals surface area contributed by atoms with Crippen LogP contribution in [0.15, 0.2) is 12.1 Å². The second-order valence-electron chi connectivity index (χ2n) is 3.85. The van der Waals surface area contributed by atoms with Crippen molar-refractivity contribution in [2.24, 2.45) is 0 Å². The van der Waals surface area contributed by atoms with Gasteiger partial charge in [-0.25, -0.2) is 8.78 Å². The molecule has 0 aliphatic heterocycles. The fraction of sp³-hybridized carbons (Fsp3) is 0.417. The number of halogens is 2. The molecule has 0 aliphatic rings. The third-order valence-corrected chi connectivity index (χ3v) is 2.54. The molecular weight excluding hydrogens is 226 g/mol. The van der Waals surface area contributed by atoms with Gasteiger partial charge in [-0.1, -0.05) is 6.92 Å². The molecule has 0 heterocycles. The topological polar surface area (TPSA) is 41.1 Å². The van der Waals surface area contributed by atoms with Gasteiger partial charge in [0.1, 0.15) is 17.3 Å². The smallest absolute Gasteiger partial charge is 0.251 e. The highest BCUT2D eigenvalue weighted by Crippen LogP contribution is 2.20. The van der Waals surface area contributed by atoms with Crippen LogP contribution in [0.1, 0.15) is 30.6 Å². The predicted molar refractivity (Wildman–Crippen MR) is 63.1 cm³/mol. The van der Waals surface area contributed by atoms with Gasteiger partial charge in [-0.05, 0) is 25.5 Å². The SMILES string of the molecule is CCC(C)NC(=O)c1cc(F)c(NC)c(F)c1. The Kier molecular flexibility index (Phi) is 4.43. The quantitative estimate of drug-likeness (QED) is 0.851. The number of anilines is 1. The molecular formula is C12H16F2N2O. The lowest BCUT2D eigenvalue weighted by Gasteiger charge is -2.12. The van der Waals surface area contributed by atoms with Gasteiger partial charge in [0.2, 0.25) is 0 Å². The van der Waals surface area contributed by atoms with Gasteiger partial charge in [0.05, 0.1) is 0 Å². The maximum Gasteiger partial charge on any atom is 0.251 e. The second-order valence-corrected chi connectivity index (χ2v) is 3.85. The van der Waals surface area contributed by atoms with E-state index < -0.39 is 17.5 Å². The summed E-state index contributed by atoms with van der Waals surface area (Å²) in [5, 5.41) is 5.04. The minimum atomic E-state index is -0.776. The Morgan fingerprint density at radius 3 is 2.29 bits per heavy atom. The van der Waals surface area contributed by atoms with Gasteiger partial charge < -0.3 is 10.6 Å². The van der Waals surface area contributed by atoms with Crippen molar-refractivity contribution in [1.82, 2.24) is 5.32 Å². The molecule has 0 aromatic heterocycles. The van der Waals surface area contributed by atoms with E-state index in [2.05, 4.69) is 10.6 Å². The van der Waals surface area contributed by atoms with Crippen LogP contribution in [-0.2, 0) is 0 Å². The molecule has 0 radical (unpaired) electrons. The van der Waals surface area contributed by atoms with Crippen molar-refractivity contribution in [2.45, 2.75) is 26.3 Å². The first-order valence-electron chi connectivity index (χ1n) is 5.47. The fourth-order valence-electron chi connectivity index (χ4n) is 1.35. The number of carbonyl (C=O) groups excluding carboxylic acids is 1. The van der Waals surface area contributed by atoms with E-state index in [4.69, 9.17) is 0 Å². The summed E-state index contributed by atoms with van der Waals surface area (Å²) in [6.45, 7) is 3.74. The molecule has 0 saturated heterocycles. The molecule has 0 saturated carbocycles. The van der Waals surface area contributed by atoms with Gasteiger partial charge in [0.25, 0.3) is 5.91 Å². The van der Waals surface area contributed by atoms with Gasteiger partial charge >= 0.3 is 0 Å². The summed E-state index contributed by atoms with van der Waals surface area (Å²) in [6, 6.07) is 2.01. The normalized spacial score (nSPS) is 12.1. The van der Waals surface area contributed by atoms with E-state index in [1.807, 2.05) is 13.8 Å². The van der Waals surface area contributed by atoms with Gasteiger partial charge in [0.15, 0.2) is 0 Å². The van der Waals surface area contributed by atoms with Crippen molar-refractivity contribution in [3.63, 3.8) is 0 Å². The molecule has 0 fully saturated rings. The Hall–Kier alpha value is -1.65. The van der Waals surface area contributed by atoms with Crippen LogP contribution in [0, 0.1) is 11.6 Å². The zero-order valence-electron chi connectivity index (χ0n) is 10.1. The summed E-state index contributed by atoms with van der Waals surface area (Å²) in [6.07, 6.45) is 0.755. The predicted octanol–water partition coefficient (Wildman–Crippen LogP) is 2.53. The molecule has 3 nitrogen and oxygen atoms in total. The fourth-order valence-corrected chi connectivity index (χ4v) is 1.35. The number of benzene rings is 1. The molecule has 1 unspecified atom stereocenters. The summed E-state index contributed by atoms with van der Waals surface area (Å²) in [7, 11) is 1.42. The van der Waals surface area contributed by atoms with Crippen LogP contribution < -0.4 is 10.6 Å². The summed E-state index contributed by atoms with van der Waals surface area (Å²) >= 11 is 0. The van der Waals surface area contributed by atoms with E-state index in [1.165, 1.54) is 7.05 Å². The maximum absolute atomic E-state index is 13.4. The van der Waals surface area contributed by atoms with Crippen LogP contribution in [-0.4, -0.2) is 19.0 Å². The second kappa shape index (κ2) is 5.61. The first kappa shape index (κ1) is 13.4. The highest BCUT2D eigenvalue weighted by molar-refractivity contribution is 5.94. The highest BCUT2D eigenvalue weighted by atomic mass is 19.1. The Bertz CT molecular complexity index is 398. The number of carbonyl (C=O) groups is 1. The van der Waals surface area contributed by atoms with Crippen LogP contribution in [0.5, 0.6) is 0 Å². The van der Waals surface area contributed by atoms with Crippen molar-refractivity contribution in [2.75, 3.05) is 12.4 Å². The van der Waals surface area contributed by atoms with Gasteiger partial charge in [0, 0.05) is 18.7 Å². The molecule has 5 heteroatoms. The Balaban J connectivity index is 2.96. The van der Waals surface area contributed by atoms with E-state index in [1.54, 1.807) is 0 Å². The van der Waals surface area contributed by atoms with Gasteiger partial charge in [-0.15, -0.1) is 0 Å². The highest BCUT2D eigenvalue weighted by Gasteiger charge is 2.15. The van der Waals surface area contributed by atoms with Gasteiger partial charge in [-0.3, -0.25) is 4.79 Å². The zero-order chi connectivity index (χ0) is 13.0. The van der Waals surface area contributed by atoms with Crippen LogP contribution in [0.25, 0.3) is 0 Å². The molecule has 17 heavy (non-hydrogen) atoms. The molecule has 1 rings (SSSR count). The van der Waals surface area contributed by atoms with Crippen LogP contribution in [0.4, 0.5) is 14.5 Å². The molecule has 0 aliphatic carbocycles. The molecule has 2 N–H and O–H groups in total. The Labute approximate surface area is 99.2 Å². The molecule has 94 valence electrons. The lowest BCUT2D eigenvalue weighted by Crippen LogP contribution is -2.32. The molecule has 1 aromatic carbocycles. The third kappa shape index (κ3) is 3.15. The average Bonchev–Trinajstić information content (AvgIpc) is 2.28. The summed E-state index contributed by atoms with van der Waals surface area (Å²) < 4.78 is 26.8. The van der Waals surface area contributed by atoms with Crippen molar-refractivity contribution in [1.29, 1.82) is 0 Å². The van der Waals surface area contributed by atoms with E-state index in [-0.39, 0.29) is 17.3 Å². The first-order chi connectivity index (χ1) is 7.99. The summed E-state index contributed by atoms with van der Waals surface area (Å²) in [5.41, 5.74) is -0.246. The standard InChI is InChI=1S/C12H16F2N2O/c1-4-7(2)16-12(17)8-5-9(13)11(15-3)10(14)6-8/h5-7,15H,4H2,1-3H3,(H,16,17). The van der Waals surface area contributed by atoms with Crippen LogP contribution >= 0.6 is 0 Å². The largest absolute Gasteiger partial charge is 0.383 e. The summed E-state index contributed by atoms with van der Waals surface area (Å²) in [5.74, 6) is -2.02. The number of amides is 1. The van der Waals surface area contributed by atoms with Crippen molar-refractivity contribution in [3.05, 3.63) is 29.3 Å². The minimum absolute atomic E-state index is 0.0145. The maximum atomic E-state index is 13.4. The zero-order valence-corrected chi connectivity index (χ0v) is 10.1. The molecule has 1 aromatic rings. The average molecular weight is 242 g/mol. The van der Waals surface area contributed by atoms with E-state index in [0.29, 0.717) is 0 Å². The van der Waals surface area contributed by atoms with Crippen molar-refractivity contribution >= 4 is 11.6 Å². The molecule has 1 atom stereocenters. The van der Waals surface area contributed by atoms with Crippen LogP contribution in [0.2, 0.25) is 0 Å².